The van der Waals surface area contributed by atoms with Crippen LogP contribution in [0.5, 0.6) is 0 Å². The minimum Gasteiger partial charge on any atom is -0.319 e. The highest BCUT2D eigenvalue weighted by Gasteiger charge is 2.31. The summed E-state index contributed by atoms with van der Waals surface area (Å²) in [5, 5.41) is 2.86. The number of rotatable bonds is 4. The summed E-state index contributed by atoms with van der Waals surface area (Å²) in [6.07, 6.45) is 0. The number of hydrogen-bond donors (Lipinski definition) is 1. The Balaban J connectivity index is 1.99. The molecule has 5 heteroatoms. The van der Waals surface area contributed by atoms with E-state index in [1.165, 1.54) is 0 Å². The molecule has 1 heterocycles. The predicted octanol–water partition coefficient (Wildman–Crippen LogP) is 3.40. The SMILES string of the molecule is Cc1c(NC(=O)C(C)(C)c2ccccc2)c(=O)n(-c2ccccc2)n1C. The molecule has 0 spiro atoms. The van der Waals surface area contributed by atoms with Crippen molar-refractivity contribution in [3.63, 3.8) is 0 Å². The second kappa shape index (κ2) is 6.67. The standard InChI is InChI=1S/C21H23N3O2/c1-15-18(19(25)24(23(15)4)17-13-9-6-10-14-17)22-20(26)21(2,3)16-11-7-5-8-12-16/h5-14H,1-4H3,(H,22,26). The van der Waals surface area contributed by atoms with Crippen molar-refractivity contribution in [1.29, 1.82) is 0 Å². The van der Waals surface area contributed by atoms with Crippen LogP contribution >= 0.6 is 0 Å². The van der Waals surface area contributed by atoms with E-state index in [1.54, 1.807) is 9.36 Å². The Morgan fingerprint density at radius 3 is 2.08 bits per heavy atom. The first-order chi connectivity index (χ1) is 12.3. The van der Waals surface area contributed by atoms with Gasteiger partial charge in [-0.2, -0.15) is 0 Å². The third-order valence-electron chi connectivity index (χ3n) is 4.86. The molecule has 1 amide bonds. The van der Waals surface area contributed by atoms with Crippen molar-refractivity contribution in [2.24, 2.45) is 7.05 Å². The molecule has 134 valence electrons. The highest BCUT2D eigenvalue weighted by atomic mass is 16.2. The van der Waals surface area contributed by atoms with E-state index in [-0.39, 0.29) is 11.5 Å². The van der Waals surface area contributed by atoms with Crippen LogP contribution in [0.3, 0.4) is 0 Å². The molecule has 2 aromatic carbocycles. The topological polar surface area (TPSA) is 56.0 Å². The Morgan fingerprint density at radius 2 is 1.50 bits per heavy atom. The first kappa shape index (κ1) is 17.7. The highest BCUT2D eigenvalue weighted by Crippen LogP contribution is 2.25. The molecule has 0 unspecified atom stereocenters. The van der Waals surface area contributed by atoms with Gasteiger partial charge in [-0.05, 0) is 38.5 Å². The summed E-state index contributed by atoms with van der Waals surface area (Å²) >= 11 is 0. The predicted molar refractivity (Wildman–Crippen MR) is 104 cm³/mol. The van der Waals surface area contributed by atoms with Crippen molar-refractivity contribution < 1.29 is 4.79 Å². The lowest BCUT2D eigenvalue weighted by atomic mass is 9.83. The van der Waals surface area contributed by atoms with Gasteiger partial charge in [-0.1, -0.05) is 48.5 Å². The van der Waals surface area contributed by atoms with Gasteiger partial charge in [0, 0.05) is 7.05 Å². The van der Waals surface area contributed by atoms with Crippen molar-refractivity contribution in [2.75, 3.05) is 5.32 Å². The molecule has 26 heavy (non-hydrogen) atoms. The minimum absolute atomic E-state index is 0.213. The molecule has 1 aromatic heterocycles. The monoisotopic (exact) mass is 349 g/mol. The first-order valence-electron chi connectivity index (χ1n) is 8.55. The fraction of sp³-hybridized carbons (Fsp3) is 0.238. The van der Waals surface area contributed by atoms with Crippen LogP contribution in [0.25, 0.3) is 5.69 Å². The second-order valence-electron chi connectivity index (χ2n) is 6.88. The van der Waals surface area contributed by atoms with E-state index in [0.717, 1.165) is 11.3 Å². The van der Waals surface area contributed by atoms with Gasteiger partial charge in [0.15, 0.2) is 0 Å². The summed E-state index contributed by atoms with van der Waals surface area (Å²) in [7, 11) is 1.81. The van der Waals surface area contributed by atoms with Gasteiger partial charge < -0.3 is 5.32 Å². The fourth-order valence-corrected chi connectivity index (χ4v) is 2.97. The number of hydrogen-bond acceptors (Lipinski definition) is 2. The van der Waals surface area contributed by atoms with Crippen molar-refractivity contribution >= 4 is 11.6 Å². The van der Waals surface area contributed by atoms with Crippen molar-refractivity contribution in [1.82, 2.24) is 9.36 Å². The van der Waals surface area contributed by atoms with Crippen molar-refractivity contribution in [2.45, 2.75) is 26.2 Å². The van der Waals surface area contributed by atoms with Gasteiger partial charge >= 0.3 is 0 Å². The molecular formula is C21H23N3O2. The lowest BCUT2D eigenvalue weighted by Crippen LogP contribution is -2.36. The summed E-state index contributed by atoms with van der Waals surface area (Å²) in [5.41, 5.74) is 1.67. The number of aromatic nitrogens is 2. The number of anilines is 1. The molecule has 0 saturated heterocycles. The van der Waals surface area contributed by atoms with Crippen LogP contribution in [0.4, 0.5) is 5.69 Å². The van der Waals surface area contributed by atoms with Crippen LogP contribution in [0, 0.1) is 6.92 Å². The molecule has 5 nitrogen and oxygen atoms in total. The molecule has 1 N–H and O–H groups in total. The number of carbonyl (C=O) groups excluding carboxylic acids is 1. The van der Waals surface area contributed by atoms with Gasteiger partial charge in [-0.25, -0.2) is 4.68 Å². The Morgan fingerprint density at radius 1 is 0.962 bits per heavy atom. The molecule has 0 bridgehead atoms. The van der Waals surface area contributed by atoms with Gasteiger partial charge in [-0.15, -0.1) is 0 Å². The Bertz CT molecular complexity index is 983. The van der Waals surface area contributed by atoms with E-state index in [4.69, 9.17) is 0 Å². The zero-order chi connectivity index (χ0) is 18.9. The lowest BCUT2D eigenvalue weighted by Gasteiger charge is -2.23. The minimum atomic E-state index is -0.756. The van der Waals surface area contributed by atoms with E-state index in [9.17, 15) is 9.59 Å². The third kappa shape index (κ3) is 2.96. The zero-order valence-corrected chi connectivity index (χ0v) is 15.5. The fourth-order valence-electron chi connectivity index (χ4n) is 2.97. The Labute approximate surface area is 152 Å². The van der Waals surface area contributed by atoms with Crippen LogP contribution < -0.4 is 10.9 Å². The van der Waals surface area contributed by atoms with E-state index in [0.29, 0.717) is 11.4 Å². The largest absolute Gasteiger partial charge is 0.319 e. The summed E-state index contributed by atoms with van der Waals surface area (Å²) in [4.78, 5) is 25.9. The maximum atomic E-state index is 12.9. The number of nitrogens with one attached hydrogen (secondary N) is 1. The van der Waals surface area contributed by atoms with E-state index < -0.39 is 5.41 Å². The van der Waals surface area contributed by atoms with Gasteiger partial charge in [-0.3, -0.25) is 14.3 Å². The first-order valence-corrected chi connectivity index (χ1v) is 8.55. The average Bonchev–Trinajstić information content (AvgIpc) is 2.86. The summed E-state index contributed by atoms with van der Waals surface area (Å²) in [5.74, 6) is -0.213. The average molecular weight is 349 g/mol. The molecule has 0 fully saturated rings. The van der Waals surface area contributed by atoms with Gasteiger partial charge in [0.05, 0.1) is 16.8 Å². The Kier molecular flexibility index (Phi) is 4.55. The quantitative estimate of drug-likeness (QED) is 0.785. The maximum Gasteiger partial charge on any atom is 0.295 e. The summed E-state index contributed by atoms with van der Waals surface area (Å²) in [6, 6.07) is 18.9. The molecule has 3 rings (SSSR count). The molecule has 0 aliphatic carbocycles. The molecule has 3 aromatic rings. The highest BCUT2D eigenvalue weighted by molar-refractivity contribution is 5.98. The van der Waals surface area contributed by atoms with Crippen LogP contribution in [-0.4, -0.2) is 15.3 Å². The molecular weight excluding hydrogens is 326 g/mol. The van der Waals surface area contributed by atoms with Gasteiger partial charge in [0.2, 0.25) is 5.91 Å². The molecule has 0 aliphatic rings. The van der Waals surface area contributed by atoms with E-state index >= 15 is 0 Å². The number of amides is 1. The second-order valence-corrected chi connectivity index (χ2v) is 6.88. The van der Waals surface area contributed by atoms with Gasteiger partial charge in [0.25, 0.3) is 5.56 Å². The number of benzene rings is 2. The number of nitrogens with zero attached hydrogens (tertiary/aromatic N) is 2. The smallest absolute Gasteiger partial charge is 0.295 e. The normalized spacial score (nSPS) is 11.4. The number of carbonyl (C=O) groups is 1. The van der Waals surface area contributed by atoms with Crippen LogP contribution in [0.15, 0.2) is 65.5 Å². The molecule has 0 saturated carbocycles. The van der Waals surface area contributed by atoms with Crippen LogP contribution in [-0.2, 0) is 17.3 Å². The maximum absolute atomic E-state index is 12.9. The van der Waals surface area contributed by atoms with Crippen LogP contribution in [0.1, 0.15) is 25.1 Å². The van der Waals surface area contributed by atoms with E-state index in [1.807, 2.05) is 88.5 Å². The van der Waals surface area contributed by atoms with Crippen molar-refractivity contribution in [3.8, 4) is 5.69 Å². The van der Waals surface area contributed by atoms with E-state index in [2.05, 4.69) is 5.32 Å². The third-order valence-corrected chi connectivity index (χ3v) is 4.86. The number of para-hydroxylation sites is 1. The van der Waals surface area contributed by atoms with Crippen LogP contribution in [0.2, 0.25) is 0 Å². The zero-order valence-electron chi connectivity index (χ0n) is 15.5. The Hall–Kier alpha value is -3.08. The molecule has 0 radical (unpaired) electrons. The molecule has 0 atom stereocenters. The summed E-state index contributed by atoms with van der Waals surface area (Å²) < 4.78 is 3.31. The molecule has 0 aliphatic heterocycles. The summed E-state index contributed by atoms with van der Waals surface area (Å²) in [6.45, 7) is 5.53. The van der Waals surface area contributed by atoms with Gasteiger partial charge in [0.1, 0.15) is 5.69 Å². The van der Waals surface area contributed by atoms with Crippen molar-refractivity contribution in [3.05, 3.63) is 82.3 Å². The lowest BCUT2D eigenvalue weighted by molar-refractivity contribution is -0.120.